The van der Waals surface area contributed by atoms with E-state index in [9.17, 15) is 13.5 Å². The third kappa shape index (κ3) is 3.69. The second-order valence-corrected chi connectivity index (χ2v) is 10.6. The SMILES string of the molecule is O=S(=O)(c1ccc(C2=CSNN2)s1)N1N=C(c2cccnc2)CC1c1ccccc1O. The van der Waals surface area contributed by atoms with Crippen LogP contribution in [0.4, 0.5) is 0 Å². The van der Waals surface area contributed by atoms with E-state index in [4.69, 9.17) is 0 Å². The van der Waals surface area contributed by atoms with Crippen molar-refractivity contribution in [3.8, 4) is 5.75 Å². The number of aromatic hydroxyl groups is 1. The van der Waals surface area contributed by atoms with Gasteiger partial charge >= 0.3 is 0 Å². The molecule has 0 saturated heterocycles. The lowest BCUT2D eigenvalue weighted by atomic mass is 9.99. The number of hydrazine groups is 1. The zero-order valence-corrected chi connectivity index (χ0v) is 18.4. The third-order valence-corrected chi connectivity index (χ3v) is 8.77. The van der Waals surface area contributed by atoms with Gasteiger partial charge in [-0.1, -0.05) is 24.3 Å². The smallest absolute Gasteiger partial charge is 0.289 e. The van der Waals surface area contributed by atoms with Crippen molar-refractivity contribution in [2.45, 2.75) is 16.7 Å². The van der Waals surface area contributed by atoms with Crippen LogP contribution < -0.4 is 10.3 Å². The molecule has 1 atom stereocenters. The van der Waals surface area contributed by atoms with Crippen LogP contribution in [-0.4, -0.2) is 28.6 Å². The molecule has 31 heavy (non-hydrogen) atoms. The summed E-state index contributed by atoms with van der Waals surface area (Å²) in [5.41, 5.74) is 5.65. The van der Waals surface area contributed by atoms with Gasteiger partial charge in [0, 0.05) is 35.3 Å². The average Bonchev–Trinajstić information content (AvgIpc) is 3.55. The molecular formula is C20H17N5O3S3. The highest BCUT2D eigenvalue weighted by atomic mass is 32.2. The van der Waals surface area contributed by atoms with Crippen molar-refractivity contribution in [2.75, 3.05) is 0 Å². The summed E-state index contributed by atoms with van der Waals surface area (Å²) in [5.74, 6) is 0.0330. The minimum Gasteiger partial charge on any atom is -0.508 e. The van der Waals surface area contributed by atoms with Crippen LogP contribution >= 0.6 is 23.3 Å². The number of aromatic nitrogens is 1. The van der Waals surface area contributed by atoms with Gasteiger partial charge in [-0.05, 0) is 36.2 Å². The third-order valence-electron chi connectivity index (χ3n) is 4.93. The highest BCUT2D eigenvalue weighted by Gasteiger charge is 2.39. The van der Waals surface area contributed by atoms with E-state index >= 15 is 0 Å². The number of pyridine rings is 1. The van der Waals surface area contributed by atoms with E-state index in [0.717, 1.165) is 31.9 Å². The number of nitrogens with one attached hydrogen (secondary N) is 2. The zero-order valence-electron chi connectivity index (χ0n) is 16.0. The number of phenolic OH excluding ortho intramolecular Hbond substituents is 1. The molecule has 1 unspecified atom stereocenters. The van der Waals surface area contributed by atoms with Gasteiger partial charge in [0.25, 0.3) is 10.0 Å². The Bertz CT molecular complexity index is 1290. The minimum absolute atomic E-state index is 0.0330. The first kappa shape index (κ1) is 20.1. The summed E-state index contributed by atoms with van der Waals surface area (Å²) in [6.07, 6.45) is 3.64. The lowest BCUT2D eigenvalue weighted by Crippen LogP contribution is -2.26. The first-order valence-corrected chi connectivity index (χ1v) is 12.4. The molecule has 3 N–H and O–H groups in total. The van der Waals surface area contributed by atoms with E-state index in [0.29, 0.717) is 17.7 Å². The fraction of sp³-hybridized carbons (Fsp3) is 0.100. The van der Waals surface area contributed by atoms with Gasteiger partial charge in [0.15, 0.2) is 0 Å². The van der Waals surface area contributed by atoms with Crippen molar-refractivity contribution in [2.24, 2.45) is 5.10 Å². The summed E-state index contributed by atoms with van der Waals surface area (Å²) >= 11 is 2.55. The molecular weight excluding hydrogens is 454 g/mol. The number of thiophene rings is 1. The number of nitrogens with zero attached hydrogens (tertiary/aromatic N) is 3. The number of phenols is 1. The summed E-state index contributed by atoms with van der Waals surface area (Å²) in [4.78, 5) is 7.82. The van der Waals surface area contributed by atoms with Crippen molar-refractivity contribution in [1.29, 1.82) is 0 Å². The molecule has 3 aromatic rings. The molecule has 0 saturated carbocycles. The second kappa shape index (κ2) is 8.00. The van der Waals surface area contributed by atoms with Gasteiger partial charge in [-0.15, -0.1) is 11.3 Å². The Morgan fingerprint density at radius 1 is 1.13 bits per heavy atom. The van der Waals surface area contributed by atoms with E-state index in [2.05, 4.69) is 20.3 Å². The Balaban J connectivity index is 1.57. The van der Waals surface area contributed by atoms with Gasteiger partial charge in [-0.25, -0.2) is 0 Å². The lowest BCUT2D eigenvalue weighted by molar-refractivity contribution is 0.359. The second-order valence-electron chi connectivity index (χ2n) is 6.84. The summed E-state index contributed by atoms with van der Waals surface area (Å²) in [5, 5.41) is 16.8. The molecule has 4 heterocycles. The van der Waals surface area contributed by atoms with Gasteiger partial charge in [0.05, 0.1) is 22.3 Å². The minimum atomic E-state index is -3.95. The largest absolute Gasteiger partial charge is 0.508 e. The standard InChI is InChI=1S/C20H17N5O3S3/c26-18-6-2-1-5-14(18)17-10-15(13-4-3-9-21-11-13)23-25(17)31(27,28)20-8-7-19(30-20)16-12-29-24-22-16/h1-9,11-12,17,22,24,26H,10H2. The van der Waals surface area contributed by atoms with E-state index in [1.165, 1.54) is 11.9 Å². The van der Waals surface area contributed by atoms with Crippen molar-refractivity contribution in [3.63, 3.8) is 0 Å². The number of sulfonamides is 1. The van der Waals surface area contributed by atoms with Gasteiger partial charge in [0.1, 0.15) is 9.96 Å². The van der Waals surface area contributed by atoms with Crippen LogP contribution in [0.5, 0.6) is 5.75 Å². The molecule has 0 radical (unpaired) electrons. The fourth-order valence-corrected chi connectivity index (χ4v) is 6.83. The van der Waals surface area contributed by atoms with Crippen molar-refractivity contribution >= 4 is 44.7 Å². The molecule has 11 heteroatoms. The van der Waals surface area contributed by atoms with E-state index in [1.807, 2.05) is 11.5 Å². The van der Waals surface area contributed by atoms with Crippen LogP contribution in [0.15, 0.2) is 75.6 Å². The molecule has 5 rings (SSSR count). The van der Waals surface area contributed by atoms with Gasteiger partial charge < -0.3 is 10.5 Å². The lowest BCUT2D eigenvalue weighted by Gasteiger charge is -2.23. The maximum absolute atomic E-state index is 13.6. The molecule has 2 aliphatic rings. The highest BCUT2D eigenvalue weighted by Crippen LogP contribution is 2.41. The molecule has 0 amide bonds. The topological polar surface area (TPSA) is 107 Å². The molecule has 2 aliphatic heterocycles. The van der Waals surface area contributed by atoms with Crippen molar-refractivity contribution in [3.05, 3.63) is 82.3 Å². The maximum atomic E-state index is 13.6. The molecule has 2 aromatic heterocycles. The Labute approximate surface area is 187 Å². The van der Waals surface area contributed by atoms with Crippen LogP contribution in [0.1, 0.15) is 28.5 Å². The Hall–Kier alpha value is -2.86. The Morgan fingerprint density at radius 3 is 2.74 bits per heavy atom. The van der Waals surface area contributed by atoms with Gasteiger partial charge in [0.2, 0.25) is 0 Å². The predicted molar refractivity (Wildman–Crippen MR) is 121 cm³/mol. The van der Waals surface area contributed by atoms with Crippen molar-refractivity contribution < 1.29 is 13.5 Å². The molecule has 1 aromatic carbocycles. The van der Waals surface area contributed by atoms with Gasteiger partial charge in [-0.3, -0.25) is 4.98 Å². The number of rotatable bonds is 5. The molecule has 0 bridgehead atoms. The molecule has 0 fully saturated rings. The van der Waals surface area contributed by atoms with E-state index in [-0.39, 0.29) is 9.96 Å². The molecule has 158 valence electrons. The first-order chi connectivity index (χ1) is 15.0. The monoisotopic (exact) mass is 471 g/mol. The quantitative estimate of drug-likeness (QED) is 0.489. The number of hydrogen-bond donors (Lipinski definition) is 3. The number of para-hydroxylation sites is 1. The average molecular weight is 472 g/mol. The van der Waals surface area contributed by atoms with Crippen LogP contribution in [0.25, 0.3) is 5.70 Å². The summed E-state index contributed by atoms with van der Waals surface area (Å²) in [6, 6.07) is 13.1. The number of hydrogen-bond acceptors (Lipinski definition) is 9. The van der Waals surface area contributed by atoms with Crippen LogP contribution in [-0.2, 0) is 10.0 Å². The molecule has 0 aliphatic carbocycles. The summed E-state index contributed by atoms with van der Waals surface area (Å²) < 4.78 is 28.5. The molecule has 0 spiro atoms. The zero-order chi connectivity index (χ0) is 21.4. The van der Waals surface area contributed by atoms with Crippen LogP contribution in [0, 0.1) is 0 Å². The van der Waals surface area contributed by atoms with E-state index in [1.54, 1.807) is 54.9 Å². The number of benzene rings is 1. The van der Waals surface area contributed by atoms with E-state index < -0.39 is 16.1 Å². The van der Waals surface area contributed by atoms with Crippen LogP contribution in [0.2, 0.25) is 0 Å². The van der Waals surface area contributed by atoms with Crippen LogP contribution in [0.3, 0.4) is 0 Å². The van der Waals surface area contributed by atoms with Crippen molar-refractivity contribution in [1.82, 2.24) is 19.7 Å². The Morgan fingerprint density at radius 2 is 2.00 bits per heavy atom. The fourth-order valence-electron chi connectivity index (χ4n) is 3.44. The normalized spacial score (nSPS) is 18.6. The first-order valence-electron chi connectivity index (χ1n) is 9.31. The predicted octanol–water partition coefficient (Wildman–Crippen LogP) is 3.44. The number of hydrazone groups is 1. The molecule has 8 nitrogen and oxygen atoms in total. The summed E-state index contributed by atoms with van der Waals surface area (Å²) in [6.45, 7) is 0. The Kier molecular flexibility index (Phi) is 5.18. The van der Waals surface area contributed by atoms with Gasteiger partial charge in [-0.2, -0.15) is 22.8 Å². The highest BCUT2D eigenvalue weighted by molar-refractivity contribution is 8.00. The maximum Gasteiger partial charge on any atom is 0.289 e. The summed E-state index contributed by atoms with van der Waals surface area (Å²) in [7, 11) is -3.95.